The van der Waals surface area contributed by atoms with Crippen molar-refractivity contribution >= 4 is 75.9 Å². The summed E-state index contributed by atoms with van der Waals surface area (Å²) in [4.78, 5) is 150. The highest BCUT2D eigenvalue weighted by Crippen LogP contribution is 2.22. The summed E-state index contributed by atoms with van der Waals surface area (Å²) in [6.07, 6.45) is 1.65. The molecule has 0 saturated carbocycles. The number of likely N-dealkylation sites (tertiary alicyclic amines) is 2. The lowest BCUT2D eigenvalue weighted by Crippen LogP contribution is -2.62. The van der Waals surface area contributed by atoms with Crippen LogP contribution >= 0.6 is 0 Å². The summed E-state index contributed by atoms with van der Waals surface area (Å²) in [6.45, 7) is -1.65. The van der Waals surface area contributed by atoms with Crippen LogP contribution in [0.5, 0.6) is 0 Å². The maximum Gasteiger partial charge on any atom is 0.326 e. The van der Waals surface area contributed by atoms with Gasteiger partial charge in [0.05, 0.1) is 39.1 Å². The maximum atomic E-state index is 13.8. The highest BCUT2D eigenvalue weighted by atomic mass is 16.4. The van der Waals surface area contributed by atoms with Crippen LogP contribution < -0.4 is 48.7 Å². The molecule has 29 heteroatoms. The number of hydrogen-bond donors (Lipinski definition) is 16. The Bertz CT molecular complexity index is 2420. The van der Waals surface area contributed by atoms with Crippen molar-refractivity contribution in [2.45, 2.75) is 126 Å². The van der Waals surface area contributed by atoms with Gasteiger partial charge in [0, 0.05) is 36.6 Å². The fraction of sp³-hybridized carbons (Fsp3) is 0.596. The van der Waals surface area contributed by atoms with Crippen LogP contribution in [0.4, 0.5) is 0 Å². The number of amides is 10. The number of aliphatic carboxylic acids is 1. The fourth-order valence-electron chi connectivity index (χ4n) is 8.74. The van der Waals surface area contributed by atoms with Gasteiger partial charge in [-0.2, -0.15) is 0 Å². The second kappa shape index (κ2) is 29.1. The molecule has 0 aliphatic carbocycles. The molecule has 0 radical (unpaired) electrons. The second-order valence-corrected chi connectivity index (χ2v) is 18.9. The van der Waals surface area contributed by atoms with Gasteiger partial charge >= 0.3 is 5.97 Å². The number of primary amides is 1. The van der Waals surface area contributed by atoms with Crippen molar-refractivity contribution in [2.24, 2.45) is 17.4 Å². The second-order valence-electron chi connectivity index (χ2n) is 18.9. The molecule has 2 aliphatic heterocycles. The first-order valence-electron chi connectivity index (χ1n) is 24.7. The number of para-hydroxylation sites is 1. The average molecular weight is 1080 g/mol. The first-order chi connectivity index (χ1) is 36.1. The number of nitrogens with one attached hydrogen (secondary N) is 8. The molecule has 2 aliphatic rings. The van der Waals surface area contributed by atoms with Crippen molar-refractivity contribution in [3.63, 3.8) is 0 Å². The number of carboxylic acid groups (broad SMARTS) is 1. The Hall–Kier alpha value is -7.31. The van der Waals surface area contributed by atoms with E-state index in [1.165, 1.54) is 0 Å². The van der Waals surface area contributed by atoms with Crippen molar-refractivity contribution in [2.75, 3.05) is 46.1 Å². The zero-order chi connectivity index (χ0) is 56.4. The van der Waals surface area contributed by atoms with Crippen molar-refractivity contribution in [1.82, 2.24) is 52.0 Å². The number of nitrogens with two attached hydrogens (primary N) is 2. The third-order valence-corrected chi connectivity index (χ3v) is 12.8. The normalized spacial score (nSPS) is 18.5. The summed E-state index contributed by atoms with van der Waals surface area (Å²) in [6, 6.07) is -7.98. The Kier molecular flexibility index (Phi) is 23.5. The maximum absolute atomic E-state index is 13.8. The molecule has 0 spiro atoms. The topological polar surface area (TPSA) is 468 Å². The lowest BCUT2D eigenvalue weighted by molar-refractivity contribution is -0.150. The van der Waals surface area contributed by atoms with Gasteiger partial charge in [-0.1, -0.05) is 32.0 Å². The minimum Gasteiger partial charge on any atom is -0.480 e. The minimum absolute atomic E-state index is 0.0172. The van der Waals surface area contributed by atoms with Crippen LogP contribution in [-0.2, 0) is 59.2 Å². The molecule has 2 saturated heterocycles. The quantitative estimate of drug-likeness (QED) is 0.0360. The van der Waals surface area contributed by atoms with Crippen molar-refractivity contribution in [3.05, 3.63) is 36.0 Å². The van der Waals surface area contributed by atoms with Crippen LogP contribution in [0.2, 0.25) is 0 Å². The monoisotopic (exact) mass is 1070 g/mol. The molecule has 0 bridgehead atoms. The number of carbonyl (C=O) groups is 11. The average Bonchev–Trinajstić information content (AvgIpc) is 4.19. The highest BCUT2D eigenvalue weighted by molar-refractivity contribution is 5.99. The van der Waals surface area contributed by atoms with Gasteiger partial charge in [-0.15, -0.1) is 0 Å². The molecule has 29 nitrogen and oxygen atoms in total. The number of H-pyrrole nitrogens is 1. The van der Waals surface area contributed by atoms with Crippen LogP contribution in [0.15, 0.2) is 30.5 Å². The smallest absolute Gasteiger partial charge is 0.326 e. The van der Waals surface area contributed by atoms with Crippen LogP contribution in [0, 0.1) is 5.92 Å². The molecule has 2 aromatic rings. The van der Waals surface area contributed by atoms with Crippen molar-refractivity contribution in [3.8, 4) is 0 Å². The molecule has 18 N–H and O–H groups in total. The number of nitrogens with zero attached hydrogens (tertiary/aromatic N) is 2. The summed E-state index contributed by atoms with van der Waals surface area (Å²) in [5, 5.41) is 76.6. The fourth-order valence-corrected chi connectivity index (χ4v) is 8.74. The van der Waals surface area contributed by atoms with Crippen LogP contribution in [0.25, 0.3) is 10.9 Å². The summed E-state index contributed by atoms with van der Waals surface area (Å²) in [5.74, 6) is -11.7. The van der Waals surface area contributed by atoms with E-state index < -0.39 is 171 Å². The van der Waals surface area contributed by atoms with E-state index in [0.29, 0.717) is 12.8 Å². The van der Waals surface area contributed by atoms with E-state index >= 15 is 0 Å². The summed E-state index contributed by atoms with van der Waals surface area (Å²) in [7, 11) is 0. The SMILES string of the molecule is CC(C)C[C@H](NC(=O)[C@@H]1CCCN1C(=O)[C@H](CO)NC(=O)[C@@H](N)Cc1c[nH]c2ccccc12)C(=O)N[C@@H](CO)C(=O)N[C@@H](CO)C(=O)N[C@@H](CCC(N)=O)C(=O)N[C@@H](CO)C(=O)N[C@@H](CO)C(=O)N1CCC[C@H]1C(=O)O. The van der Waals surface area contributed by atoms with Gasteiger partial charge in [0.25, 0.3) is 0 Å². The number of aliphatic hydroxyl groups excluding tert-OH is 5. The van der Waals surface area contributed by atoms with Crippen LogP contribution in [0.1, 0.15) is 64.4 Å². The zero-order valence-electron chi connectivity index (χ0n) is 42.1. The lowest BCUT2D eigenvalue weighted by atomic mass is 10.0. The Morgan fingerprint density at radius 3 is 1.53 bits per heavy atom. The zero-order valence-corrected chi connectivity index (χ0v) is 42.1. The van der Waals surface area contributed by atoms with Crippen molar-refractivity contribution in [1.29, 1.82) is 0 Å². The van der Waals surface area contributed by atoms with Crippen LogP contribution in [-0.4, -0.2) is 217 Å². The molecular formula is C47H70N12O17. The number of benzene rings is 1. The Morgan fingerprint density at radius 1 is 0.605 bits per heavy atom. The number of aromatic amines is 1. The first kappa shape index (κ1) is 61.2. The van der Waals surface area contributed by atoms with Crippen molar-refractivity contribution < 1.29 is 83.4 Å². The number of aliphatic hydroxyl groups is 5. The molecule has 420 valence electrons. The number of carbonyl (C=O) groups excluding carboxylic acids is 10. The molecule has 3 heterocycles. The molecule has 10 atom stereocenters. The van der Waals surface area contributed by atoms with Gasteiger partial charge in [-0.25, -0.2) is 4.79 Å². The molecule has 2 fully saturated rings. The van der Waals surface area contributed by atoms with Gasteiger partial charge in [-0.05, 0) is 62.5 Å². The Labute approximate surface area is 435 Å². The largest absolute Gasteiger partial charge is 0.480 e. The van der Waals surface area contributed by atoms with E-state index in [9.17, 15) is 83.4 Å². The number of carboxylic acids is 1. The standard InChI is InChI=1S/C47H70N12O17/c1-23(2)15-29(52-44(72)35-9-5-13-58(35)45(73)33(21-63)56-38(66)26(48)16-24-17-50-27-8-4-3-7-25(24)27)40(68)54-31(19-61)42(70)55-30(18-60)41(69)51-28(11-12-37(49)65)39(67)53-32(20-62)43(71)57-34(22-64)46(74)59-14-6-10-36(59)47(75)76/h3-4,7-8,17,23,26,28-36,50,60-64H,5-6,9-16,18-22,48H2,1-2H3,(H2,49,65)(H,51,69)(H,52,72)(H,53,67)(H,54,68)(H,55,70)(H,56,66)(H,57,71)(H,75,76)/t26-,28-,29-,30-,31-,32-,33-,34-,35-,36-/m0/s1. The lowest BCUT2D eigenvalue weighted by Gasteiger charge is -2.30. The number of rotatable bonds is 29. The van der Waals surface area contributed by atoms with E-state index in [0.717, 1.165) is 26.3 Å². The van der Waals surface area contributed by atoms with Crippen LogP contribution in [0.3, 0.4) is 0 Å². The minimum atomic E-state index is -1.91. The van der Waals surface area contributed by atoms with Gasteiger partial charge in [0.15, 0.2) is 0 Å². The predicted octanol–water partition coefficient (Wildman–Crippen LogP) is -7.23. The first-order valence-corrected chi connectivity index (χ1v) is 24.7. The van der Waals surface area contributed by atoms with E-state index in [2.05, 4.69) is 42.2 Å². The van der Waals surface area contributed by atoms with E-state index in [-0.39, 0.29) is 44.7 Å². The van der Waals surface area contributed by atoms with E-state index in [4.69, 9.17) is 11.5 Å². The molecule has 0 unspecified atom stereocenters. The number of hydrogen-bond acceptors (Lipinski definition) is 17. The Morgan fingerprint density at radius 2 is 1.04 bits per heavy atom. The molecule has 76 heavy (non-hydrogen) atoms. The van der Waals surface area contributed by atoms with Gasteiger partial charge < -0.3 is 94.1 Å². The highest BCUT2D eigenvalue weighted by Gasteiger charge is 2.41. The Balaban J connectivity index is 1.37. The predicted molar refractivity (Wildman–Crippen MR) is 264 cm³/mol. The number of aromatic nitrogens is 1. The molecule has 1 aromatic carbocycles. The third-order valence-electron chi connectivity index (χ3n) is 12.8. The molecule has 1 aromatic heterocycles. The summed E-state index contributed by atoms with van der Waals surface area (Å²) < 4.78 is 0. The summed E-state index contributed by atoms with van der Waals surface area (Å²) in [5.41, 5.74) is 13.0. The molecule has 10 amide bonds. The summed E-state index contributed by atoms with van der Waals surface area (Å²) >= 11 is 0. The van der Waals surface area contributed by atoms with Gasteiger partial charge in [0.1, 0.15) is 54.4 Å². The molecule has 4 rings (SSSR count). The van der Waals surface area contributed by atoms with E-state index in [1.807, 2.05) is 24.3 Å². The third kappa shape index (κ3) is 16.6. The van der Waals surface area contributed by atoms with Gasteiger partial charge in [0.2, 0.25) is 59.1 Å². The van der Waals surface area contributed by atoms with E-state index in [1.54, 1.807) is 20.0 Å². The number of fused-ring (bicyclic) bond motifs is 1. The molecular weight excluding hydrogens is 1000 g/mol. The van der Waals surface area contributed by atoms with Gasteiger partial charge in [-0.3, -0.25) is 47.9 Å².